The van der Waals surface area contributed by atoms with Gasteiger partial charge in [-0.05, 0) is 51.6 Å². The molecule has 1 saturated heterocycles. The molecule has 3 atom stereocenters. The van der Waals surface area contributed by atoms with Crippen molar-refractivity contribution in [1.29, 1.82) is 0 Å². The van der Waals surface area contributed by atoms with E-state index in [2.05, 4.69) is 31.1 Å². The molecule has 17 heavy (non-hydrogen) atoms. The molecule has 2 rings (SSSR count). The van der Waals surface area contributed by atoms with Crippen LogP contribution < -0.4 is 5.32 Å². The van der Waals surface area contributed by atoms with Crippen molar-refractivity contribution in [3.63, 3.8) is 0 Å². The van der Waals surface area contributed by atoms with Crippen molar-refractivity contribution in [2.24, 2.45) is 11.8 Å². The van der Waals surface area contributed by atoms with Crippen LogP contribution in [0.25, 0.3) is 0 Å². The molecule has 0 radical (unpaired) electrons. The zero-order valence-corrected chi connectivity index (χ0v) is 11.9. The molecule has 0 bridgehead atoms. The highest BCUT2D eigenvalue weighted by atomic mass is 15.2. The van der Waals surface area contributed by atoms with Gasteiger partial charge in [0, 0.05) is 18.6 Å². The van der Waals surface area contributed by atoms with Gasteiger partial charge < -0.3 is 10.2 Å². The van der Waals surface area contributed by atoms with E-state index >= 15 is 0 Å². The molecule has 3 unspecified atom stereocenters. The minimum absolute atomic E-state index is 0.745. The number of likely N-dealkylation sites (tertiary alicyclic amines) is 1. The van der Waals surface area contributed by atoms with E-state index < -0.39 is 0 Å². The van der Waals surface area contributed by atoms with Crippen LogP contribution in [0.2, 0.25) is 0 Å². The summed E-state index contributed by atoms with van der Waals surface area (Å²) in [6, 6.07) is 1.50. The van der Waals surface area contributed by atoms with Gasteiger partial charge in [0.05, 0.1) is 0 Å². The smallest absolute Gasteiger partial charge is 0.0120 e. The minimum Gasteiger partial charge on any atom is -0.313 e. The Morgan fingerprint density at radius 1 is 1.12 bits per heavy atom. The van der Waals surface area contributed by atoms with Gasteiger partial charge >= 0.3 is 0 Å². The zero-order chi connectivity index (χ0) is 12.3. The normalized spacial score (nSPS) is 37.2. The van der Waals surface area contributed by atoms with E-state index in [4.69, 9.17) is 0 Å². The Hall–Kier alpha value is -0.0800. The van der Waals surface area contributed by atoms with Crippen LogP contribution in [0, 0.1) is 11.8 Å². The van der Waals surface area contributed by atoms with Crippen LogP contribution in [0.15, 0.2) is 0 Å². The maximum Gasteiger partial charge on any atom is 0.0120 e. The van der Waals surface area contributed by atoms with Gasteiger partial charge in [0.1, 0.15) is 0 Å². The third kappa shape index (κ3) is 3.69. The molecular weight excluding hydrogens is 208 g/mol. The third-order valence-electron chi connectivity index (χ3n) is 5.00. The molecular formula is C15H30N2. The van der Waals surface area contributed by atoms with Crippen LogP contribution in [-0.4, -0.2) is 37.1 Å². The lowest BCUT2D eigenvalue weighted by Gasteiger charge is -2.40. The first-order valence-corrected chi connectivity index (χ1v) is 7.60. The van der Waals surface area contributed by atoms with Crippen LogP contribution in [0.4, 0.5) is 0 Å². The summed E-state index contributed by atoms with van der Waals surface area (Å²) in [6.45, 7) is 7.29. The highest BCUT2D eigenvalue weighted by molar-refractivity contribution is 4.86. The lowest BCUT2D eigenvalue weighted by molar-refractivity contribution is 0.118. The summed E-state index contributed by atoms with van der Waals surface area (Å²) in [5.41, 5.74) is 0. The predicted molar refractivity (Wildman–Crippen MR) is 74.2 cm³/mol. The van der Waals surface area contributed by atoms with E-state index in [1.165, 1.54) is 51.6 Å². The van der Waals surface area contributed by atoms with Crippen LogP contribution in [0.3, 0.4) is 0 Å². The molecule has 0 spiro atoms. The Balaban J connectivity index is 1.74. The van der Waals surface area contributed by atoms with Crippen LogP contribution >= 0.6 is 0 Å². The third-order valence-corrected chi connectivity index (χ3v) is 5.00. The standard InChI is InChI=1S/C15H30N2/c1-12-11-17(3)13(2)9-15(12)16-10-14-7-5-4-6-8-14/h12-16H,4-11H2,1-3H3. The van der Waals surface area contributed by atoms with Gasteiger partial charge in [0.25, 0.3) is 0 Å². The molecule has 100 valence electrons. The summed E-state index contributed by atoms with van der Waals surface area (Å²) in [5.74, 6) is 1.77. The van der Waals surface area contributed by atoms with Gasteiger partial charge in [-0.1, -0.05) is 26.2 Å². The average molecular weight is 238 g/mol. The SMILES string of the molecule is CC1CN(C)C(C)CC1NCC1CCCCC1. The van der Waals surface area contributed by atoms with Crippen molar-refractivity contribution in [2.45, 2.75) is 64.5 Å². The molecule has 1 aliphatic heterocycles. The van der Waals surface area contributed by atoms with E-state index in [1.807, 2.05) is 0 Å². The van der Waals surface area contributed by atoms with Gasteiger partial charge in [0.2, 0.25) is 0 Å². The fraction of sp³-hybridized carbons (Fsp3) is 1.00. The molecule has 0 aromatic heterocycles. The molecule has 1 heterocycles. The van der Waals surface area contributed by atoms with Crippen molar-refractivity contribution in [1.82, 2.24) is 10.2 Å². The van der Waals surface area contributed by atoms with Crippen molar-refractivity contribution >= 4 is 0 Å². The Kier molecular flexibility index (Phi) is 4.87. The molecule has 0 amide bonds. The first-order valence-electron chi connectivity index (χ1n) is 7.60. The summed E-state index contributed by atoms with van der Waals surface area (Å²) < 4.78 is 0. The second-order valence-electron chi connectivity index (χ2n) is 6.52. The summed E-state index contributed by atoms with van der Waals surface area (Å²) in [5, 5.41) is 3.87. The van der Waals surface area contributed by atoms with Crippen molar-refractivity contribution in [3.05, 3.63) is 0 Å². The Morgan fingerprint density at radius 2 is 1.82 bits per heavy atom. The van der Waals surface area contributed by atoms with Gasteiger partial charge in [-0.25, -0.2) is 0 Å². The van der Waals surface area contributed by atoms with Gasteiger partial charge in [-0.3, -0.25) is 0 Å². The Morgan fingerprint density at radius 3 is 2.53 bits per heavy atom. The molecule has 2 fully saturated rings. The van der Waals surface area contributed by atoms with Gasteiger partial charge in [0.15, 0.2) is 0 Å². The Labute approximate surface area is 107 Å². The summed E-state index contributed by atoms with van der Waals surface area (Å²) in [6.07, 6.45) is 8.65. The number of nitrogens with zero attached hydrogens (tertiary/aromatic N) is 1. The van der Waals surface area contributed by atoms with E-state index in [0.717, 1.165) is 23.9 Å². The summed E-state index contributed by atoms with van der Waals surface area (Å²) in [7, 11) is 2.26. The highest BCUT2D eigenvalue weighted by Gasteiger charge is 2.28. The van der Waals surface area contributed by atoms with Crippen molar-refractivity contribution in [2.75, 3.05) is 20.1 Å². The molecule has 2 nitrogen and oxygen atoms in total. The molecule has 1 saturated carbocycles. The molecule has 2 heteroatoms. The largest absolute Gasteiger partial charge is 0.313 e. The Bertz CT molecular complexity index is 223. The van der Waals surface area contributed by atoms with Gasteiger partial charge in [-0.15, -0.1) is 0 Å². The number of hydrogen-bond donors (Lipinski definition) is 1. The fourth-order valence-electron chi connectivity index (χ4n) is 3.54. The molecule has 0 aromatic rings. The first-order chi connectivity index (χ1) is 8.16. The monoisotopic (exact) mass is 238 g/mol. The van der Waals surface area contributed by atoms with E-state index in [9.17, 15) is 0 Å². The number of hydrogen-bond acceptors (Lipinski definition) is 2. The number of piperidine rings is 1. The maximum absolute atomic E-state index is 3.87. The van der Waals surface area contributed by atoms with Crippen LogP contribution in [-0.2, 0) is 0 Å². The average Bonchev–Trinajstić information content (AvgIpc) is 2.33. The zero-order valence-electron chi connectivity index (χ0n) is 11.9. The lowest BCUT2D eigenvalue weighted by atomic mass is 9.87. The number of rotatable bonds is 3. The van der Waals surface area contributed by atoms with Gasteiger partial charge in [-0.2, -0.15) is 0 Å². The molecule has 0 aromatic carbocycles. The van der Waals surface area contributed by atoms with Crippen molar-refractivity contribution in [3.8, 4) is 0 Å². The van der Waals surface area contributed by atoms with Crippen molar-refractivity contribution < 1.29 is 0 Å². The molecule has 2 aliphatic rings. The van der Waals surface area contributed by atoms with Crippen LogP contribution in [0.5, 0.6) is 0 Å². The van der Waals surface area contributed by atoms with E-state index in [1.54, 1.807) is 0 Å². The predicted octanol–water partition coefficient (Wildman–Crippen LogP) is 2.89. The quantitative estimate of drug-likeness (QED) is 0.813. The first kappa shape index (κ1) is 13.4. The summed E-state index contributed by atoms with van der Waals surface area (Å²) in [4.78, 5) is 2.50. The molecule has 1 aliphatic carbocycles. The topological polar surface area (TPSA) is 15.3 Å². The number of nitrogens with one attached hydrogen (secondary N) is 1. The fourth-order valence-corrected chi connectivity index (χ4v) is 3.54. The van der Waals surface area contributed by atoms with Crippen LogP contribution in [0.1, 0.15) is 52.4 Å². The van der Waals surface area contributed by atoms with E-state index in [-0.39, 0.29) is 0 Å². The minimum atomic E-state index is 0.745. The lowest BCUT2D eigenvalue weighted by Crippen LogP contribution is -2.51. The highest BCUT2D eigenvalue weighted by Crippen LogP contribution is 2.25. The molecule has 1 N–H and O–H groups in total. The second kappa shape index (κ2) is 6.19. The summed E-state index contributed by atoms with van der Waals surface area (Å²) >= 11 is 0. The van der Waals surface area contributed by atoms with E-state index in [0.29, 0.717) is 0 Å². The maximum atomic E-state index is 3.87. The second-order valence-corrected chi connectivity index (χ2v) is 6.52.